The van der Waals surface area contributed by atoms with Crippen molar-refractivity contribution in [2.75, 3.05) is 0 Å². The molecular weight excluding hydrogens is 168 g/mol. The van der Waals surface area contributed by atoms with Crippen LogP contribution in [0.15, 0.2) is 48.6 Å². The number of rotatable bonds is 0. The SMILES string of the molecule is [CH]1CC=CC=CC=CCCCC=CC1. The molecule has 0 saturated heterocycles. The normalized spacial score (nSPS) is 19.4. The van der Waals surface area contributed by atoms with Gasteiger partial charge >= 0.3 is 0 Å². The van der Waals surface area contributed by atoms with E-state index in [0.717, 1.165) is 12.8 Å². The summed E-state index contributed by atoms with van der Waals surface area (Å²) >= 11 is 0. The first-order valence-corrected chi connectivity index (χ1v) is 5.45. The highest BCUT2D eigenvalue weighted by Gasteiger charge is 1.83. The Morgan fingerprint density at radius 1 is 0.571 bits per heavy atom. The highest BCUT2D eigenvalue weighted by molar-refractivity contribution is 5.11. The van der Waals surface area contributed by atoms with Gasteiger partial charge in [0.15, 0.2) is 0 Å². The van der Waals surface area contributed by atoms with Crippen LogP contribution in [0, 0.1) is 6.42 Å². The van der Waals surface area contributed by atoms with E-state index >= 15 is 0 Å². The molecule has 0 heterocycles. The van der Waals surface area contributed by atoms with E-state index in [0.29, 0.717) is 0 Å². The molecule has 0 spiro atoms. The van der Waals surface area contributed by atoms with Crippen molar-refractivity contribution >= 4 is 0 Å². The minimum absolute atomic E-state index is 1.07. The van der Waals surface area contributed by atoms with Crippen LogP contribution < -0.4 is 0 Å². The van der Waals surface area contributed by atoms with Gasteiger partial charge in [0, 0.05) is 0 Å². The van der Waals surface area contributed by atoms with E-state index in [1.807, 2.05) is 0 Å². The van der Waals surface area contributed by atoms with Crippen LogP contribution in [0.1, 0.15) is 32.1 Å². The lowest BCUT2D eigenvalue weighted by atomic mass is 10.1. The van der Waals surface area contributed by atoms with E-state index in [9.17, 15) is 0 Å². The number of hydrogen-bond acceptors (Lipinski definition) is 0. The van der Waals surface area contributed by atoms with Crippen LogP contribution >= 0.6 is 0 Å². The minimum Gasteiger partial charge on any atom is -0.0885 e. The fraction of sp³-hybridized carbons (Fsp3) is 0.357. The van der Waals surface area contributed by atoms with Gasteiger partial charge in [0.1, 0.15) is 0 Å². The fourth-order valence-corrected chi connectivity index (χ4v) is 1.32. The van der Waals surface area contributed by atoms with Crippen molar-refractivity contribution in [3.05, 3.63) is 55.0 Å². The predicted octanol–water partition coefficient (Wildman–Crippen LogP) is 4.38. The van der Waals surface area contributed by atoms with Crippen LogP contribution in [0.3, 0.4) is 0 Å². The Morgan fingerprint density at radius 2 is 1.29 bits per heavy atom. The maximum atomic E-state index is 2.29. The fourth-order valence-electron chi connectivity index (χ4n) is 1.32. The molecule has 1 radical (unpaired) electrons. The summed E-state index contributed by atoms with van der Waals surface area (Å²) in [6.07, 6.45) is 25.5. The molecule has 1 aliphatic carbocycles. The van der Waals surface area contributed by atoms with Crippen LogP contribution in [0.2, 0.25) is 0 Å². The van der Waals surface area contributed by atoms with Gasteiger partial charge < -0.3 is 0 Å². The zero-order valence-electron chi connectivity index (χ0n) is 8.73. The summed E-state index contributed by atoms with van der Waals surface area (Å²) in [4.78, 5) is 0. The predicted molar refractivity (Wildman–Crippen MR) is 63.9 cm³/mol. The number of allylic oxidation sites excluding steroid dienone is 8. The van der Waals surface area contributed by atoms with Crippen molar-refractivity contribution < 1.29 is 0 Å². The number of hydrogen-bond donors (Lipinski definition) is 0. The average molecular weight is 187 g/mol. The zero-order valence-corrected chi connectivity index (χ0v) is 8.73. The van der Waals surface area contributed by atoms with Crippen LogP contribution in [-0.2, 0) is 0 Å². The minimum atomic E-state index is 1.07. The molecule has 0 aromatic carbocycles. The molecule has 0 aliphatic heterocycles. The zero-order chi connectivity index (χ0) is 9.90. The van der Waals surface area contributed by atoms with E-state index in [1.165, 1.54) is 19.3 Å². The molecule has 0 bridgehead atoms. The van der Waals surface area contributed by atoms with Crippen molar-refractivity contribution in [3.8, 4) is 0 Å². The second kappa shape index (κ2) is 8.55. The lowest BCUT2D eigenvalue weighted by Gasteiger charge is -1.92. The largest absolute Gasteiger partial charge is 0.0885 e. The van der Waals surface area contributed by atoms with Crippen molar-refractivity contribution in [3.63, 3.8) is 0 Å². The van der Waals surface area contributed by atoms with Crippen molar-refractivity contribution in [1.82, 2.24) is 0 Å². The first-order chi connectivity index (χ1) is 7.00. The molecule has 0 heteroatoms. The Balaban J connectivity index is 2.35. The van der Waals surface area contributed by atoms with Gasteiger partial charge in [0.2, 0.25) is 0 Å². The maximum absolute atomic E-state index is 2.29. The van der Waals surface area contributed by atoms with Crippen LogP contribution in [0.4, 0.5) is 0 Å². The quantitative estimate of drug-likeness (QED) is 0.494. The molecular formula is C14H19. The Bertz CT molecular complexity index is 204. The van der Waals surface area contributed by atoms with Gasteiger partial charge in [-0.3, -0.25) is 0 Å². The third-order valence-electron chi connectivity index (χ3n) is 2.12. The molecule has 75 valence electrons. The molecule has 1 rings (SSSR count). The maximum Gasteiger partial charge on any atom is -0.0311 e. The second-order valence-corrected chi connectivity index (χ2v) is 3.40. The summed E-state index contributed by atoms with van der Waals surface area (Å²) in [7, 11) is 0. The van der Waals surface area contributed by atoms with E-state index < -0.39 is 0 Å². The van der Waals surface area contributed by atoms with Gasteiger partial charge in [0.05, 0.1) is 0 Å². The summed E-state index contributed by atoms with van der Waals surface area (Å²) in [6, 6.07) is 0. The lowest BCUT2D eigenvalue weighted by molar-refractivity contribution is 0.864. The monoisotopic (exact) mass is 187 g/mol. The Morgan fingerprint density at radius 3 is 2.21 bits per heavy atom. The molecule has 0 atom stereocenters. The van der Waals surface area contributed by atoms with E-state index in [-0.39, 0.29) is 0 Å². The van der Waals surface area contributed by atoms with E-state index in [1.54, 1.807) is 0 Å². The Labute approximate surface area is 87.7 Å². The molecule has 0 fully saturated rings. The van der Waals surface area contributed by atoms with Crippen molar-refractivity contribution in [2.45, 2.75) is 32.1 Å². The molecule has 0 nitrogen and oxygen atoms in total. The molecule has 14 heavy (non-hydrogen) atoms. The first-order valence-electron chi connectivity index (χ1n) is 5.45. The van der Waals surface area contributed by atoms with Crippen LogP contribution in [0.25, 0.3) is 0 Å². The molecule has 0 N–H and O–H groups in total. The van der Waals surface area contributed by atoms with Gasteiger partial charge in [-0.25, -0.2) is 0 Å². The van der Waals surface area contributed by atoms with Crippen LogP contribution in [-0.4, -0.2) is 0 Å². The molecule has 0 aromatic heterocycles. The van der Waals surface area contributed by atoms with Gasteiger partial charge in [-0.1, -0.05) is 48.6 Å². The summed E-state index contributed by atoms with van der Waals surface area (Å²) in [5.74, 6) is 0. The lowest BCUT2D eigenvalue weighted by Crippen LogP contribution is -1.73. The molecule has 0 unspecified atom stereocenters. The third kappa shape index (κ3) is 6.47. The van der Waals surface area contributed by atoms with Gasteiger partial charge in [-0.2, -0.15) is 0 Å². The van der Waals surface area contributed by atoms with E-state index in [2.05, 4.69) is 55.0 Å². The van der Waals surface area contributed by atoms with Gasteiger partial charge in [-0.05, 0) is 38.5 Å². The third-order valence-corrected chi connectivity index (χ3v) is 2.12. The molecule has 1 aliphatic rings. The van der Waals surface area contributed by atoms with Crippen molar-refractivity contribution in [1.29, 1.82) is 0 Å². The summed E-state index contributed by atoms with van der Waals surface area (Å²) in [5.41, 5.74) is 0. The highest BCUT2D eigenvalue weighted by atomic mass is 13.9. The standard InChI is InChI=1S/C14H19/c1-2-4-6-8-10-12-14-13-11-9-7-5-3-1/h1-6,9,13-14H,7-8,10-12H2. The smallest absolute Gasteiger partial charge is 0.0311 e. The van der Waals surface area contributed by atoms with E-state index in [4.69, 9.17) is 0 Å². The summed E-state index contributed by atoms with van der Waals surface area (Å²) < 4.78 is 0. The molecule has 0 amide bonds. The molecule has 0 aromatic rings. The Hall–Kier alpha value is -1.04. The van der Waals surface area contributed by atoms with Crippen molar-refractivity contribution in [2.24, 2.45) is 0 Å². The van der Waals surface area contributed by atoms with Gasteiger partial charge in [-0.15, -0.1) is 0 Å². The topological polar surface area (TPSA) is 0 Å². The van der Waals surface area contributed by atoms with Crippen LogP contribution in [0.5, 0.6) is 0 Å². The Kier molecular flexibility index (Phi) is 6.74. The van der Waals surface area contributed by atoms with Gasteiger partial charge in [0.25, 0.3) is 0 Å². The summed E-state index contributed by atoms with van der Waals surface area (Å²) in [6.45, 7) is 0. The summed E-state index contributed by atoms with van der Waals surface area (Å²) in [5, 5.41) is 0. The highest BCUT2D eigenvalue weighted by Crippen LogP contribution is 2.02. The first kappa shape index (κ1) is 11.0. The average Bonchev–Trinajstić information content (AvgIpc) is 2.22. The second-order valence-electron chi connectivity index (χ2n) is 3.40. The molecule has 0 saturated carbocycles.